The molecule has 4 nitrogen and oxygen atoms in total. The van der Waals surface area contributed by atoms with Crippen LogP contribution in [0.4, 0.5) is 0 Å². The number of carbonyl (C=O) groups is 1. The first-order chi connectivity index (χ1) is 8.25. The molecule has 0 aromatic heterocycles. The number of carbonyl (C=O) groups excluding carboxylic acids is 1. The van der Waals surface area contributed by atoms with Gasteiger partial charge in [-0.25, -0.2) is 0 Å². The van der Waals surface area contributed by atoms with Gasteiger partial charge in [0.15, 0.2) is 0 Å². The average Bonchev–Trinajstić information content (AvgIpc) is 2.77. The minimum absolute atomic E-state index is 0.226. The predicted molar refractivity (Wildman–Crippen MR) is 68.8 cm³/mol. The third-order valence-corrected chi connectivity index (χ3v) is 4.01. The molecule has 0 bridgehead atoms. The van der Waals surface area contributed by atoms with Crippen LogP contribution in [-0.4, -0.2) is 50.6 Å². The Hall–Kier alpha value is -0.610. The maximum atomic E-state index is 11.9. The molecule has 2 atom stereocenters. The Balaban J connectivity index is 1.59. The molecular weight excluding hydrogens is 214 g/mol. The molecular formula is C13H25N3O. The molecule has 2 saturated heterocycles. The van der Waals surface area contributed by atoms with Gasteiger partial charge in [0.05, 0.1) is 5.92 Å². The molecule has 2 heterocycles. The Kier molecular flexibility index (Phi) is 4.80. The highest BCUT2D eigenvalue weighted by Gasteiger charge is 2.25. The van der Waals surface area contributed by atoms with Crippen LogP contribution in [0.1, 0.15) is 25.7 Å². The van der Waals surface area contributed by atoms with Gasteiger partial charge in [0.1, 0.15) is 0 Å². The van der Waals surface area contributed by atoms with E-state index in [-0.39, 0.29) is 11.8 Å². The first kappa shape index (κ1) is 12.8. The molecule has 0 radical (unpaired) electrons. The van der Waals surface area contributed by atoms with Gasteiger partial charge in [0, 0.05) is 13.1 Å². The minimum Gasteiger partial charge on any atom is -0.356 e. The number of nitrogens with zero attached hydrogens (tertiary/aromatic N) is 1. The first-order valence-electron chi connectivity index (χ1n) is 6.92. The van der Waals surface area contributed by atoms with Gasteiger partial charge in [-0.1, -0.05) is 0 Å². The fourth-order valence-corrected chi connectivity index (χ4v) is 2.86. The van der Waals surface area contributed by atoms with Crippen molar-refractivity contribution in [2.75, 3.05) is 39.8 Å². The smallest absolute Gasteiger partial charge is 0.224 e. The van der Waals surface area contributed by atoms with Gasteiger partial charge in [-0.15, -0.1) is 0 Å². The van der Waals surface area contributed by atoms with E-state index in [0.717, 1.165) is 51.5 Å². The second-order valence-corrected chi connectivity index (χ2v) is 5.54. The Morgan fingerprint density at radius 3 is 3.00 bits per heavy atom. The van der Waals surface area contributed by atoms with Crippen LogP contribution < -0.4 is 10.6 Å². The quantitative estimate of drug-likeness (QED) is 0.748. The molecule has 0 aliphatic carbocycles. The predicted octanol–water partition coefficient (Wildman–Crippen LogP) is 0.444. The van der Waals surface area contributed by atoms with Crippen LogP contribution in [0.15, 0.2) is 0 Å². The summed E-state index contributed by atoms with van der Waals surface area (Å²) in [4.78, 5) is 14.1. The van der Waals surface area contributed by atoms with E-state index in [9.17, 15) is 4.79 Å². The highest BCUT2D eigenvalue weighted by molar-refractivity contribution is 5.79. The number of hydrogen-bond donors (Lipinski definition) is 2. The standard InChI is InChI=1S/C13H25N3O/c1-16-8-5-12(10-16)13(17)15-7-4-11-3-2-6-14-9-11/h11-12,14H,2-10H2,1H3,(H,15,17). The largest absolute Gasteiger partial charge is 0.356 e. The molecule has 2 rings (SSSR count). The molecule has 1 amide bonds. The minimum atomic E-state index is 0.226. The molecule has 0 aromatic rings. The molecule has 2 fully saturated rings. The van der Waals surface area contributed by atoms with Crippen molar-refractivity contribution in [1.82, 2.24) is 15.5 Å². The lowest BCUT2D eigenvalue weighted by atomic mass is 9.96. The van der Waals surface area contributed by atoms with E-state index in [4.69, 9.17) is 0 Å². The van der Waals surface area contributed by atoms with Crippen LogP contribution in [0.25, 0.3) is 0 Å². The molecule has 98 valence electrons. The number of amides is 1. The van der Waals surface area contributed by atoms with Gasteiger partial charge in [-0.05, 0) is 58.3 Å². The number of rotatable bonds is 4. The van der Waals surface area contributed by atoms with E-state index in [1.54, 1.807) is 0 Å². The van der Waals surface area contributed by atoms with Crippen LogP contribution in [0, 0.1) is 11.8 Å². The molecule has 2 aliphatic rings. The topological polar surface area (TPSA) is 44.4 Å². The second-order valence-electron chi connectivity index (χ2n) is 5.54. The average molecular weight is 239 g/mol. The SMILES string of the molecule is CN1CCC(C(=O)NCCC2CCCNC2)C1. The summed E-state index contributed by atoms with van der Waals surface area (Å²) in [6.07, 6.45) is 4.75. The Labute approximate surface area is 104 Å². The van der Waals surface area contributed by atoms with Crippen LogP contribution in [0.5, 0.6) is 0 Å². The summed E-state index contributed by atoms with van der Waals surface area (Å²) in [6, 6.07) is 0. The highest BCUT2D eigenvalue weighted by Crippen LogP contribution is 2.15. The Morgan fingerprint density at radius 2 is 2.35 bits per heavy atom. The molecule has 2 unspecified atom stereocenters. The summed E-state index contributed by atoms with van der Waals surface area (Å²) in [5.74, 6) is 1.25. The molecule has 2 aliphatic heterocycles. The monoisotopic (exact) mass is 239 g/mol. The number of hydrogen-bond acceptors (Lipinski definition) is 3. The molecule has 4 heteroatoms. The molecule has 0 saturated carbocycles. The summed E-state index contributed by atoms with van der Waals surface area (Å²) < 4.78 is 0. The van der Waals surface area contributed by atoms with Crippen molar-refractivity contribution in [2.45, 2.75) is 25.7 Å². The normalized spacial score (nSPS) is 30.4. The van der Waals surface area contributed by atoms with Crippen molar-refractivity contribution < 1.29 is 4.79 Å². The van der Waals surface area contributed by atoms with Crippen molar-refractivity contribution in [3.05, 3.63) is 0 Å². The Bertz CT molecular complexity index is 251. The lowest BCUT2D eigenvalue weighted by molar-refractivity contribution is -0.124. The zero-order valence-electron chi connectivity index (χ0n) is 10.9. The summed E-state index contributed by atoms with van der Waals surface area (Å²) in [5, 5.41) is 6.51. The van der Waals surface area contributed by atoms with Crippen molar-refractivity contribution >= 4 is 5.91 Å². The summed E-state index contributed by atoms with van der Waals surface area (Å²) in [5.41, 5.74) is 0. The second kappa shape index (κ2) is 6.36. The third kappa shape index (κ3) is 3.96. The number of nitrogens with one attached hydrogen (secondary N) is 2. The molecule has 0 aromatic carbocycles. The van der Waals surface area contributed by atoms with Crippen molar-refractivity contribution in [3.63, 3.8) is 0 Å². The third-order valence-electron chi connectivity index (χ3n) is 4.01. The summed E-state index contributed by atoms with van der Waals surface area (Å²) >= 11 is 0. The van der Waals surface area contributed by atoms with E-state index in [1.165, 1.54) is 12.8 Å². The van der Waals surface area contributed by atoms with Gasteiger partial charge in [-0.2, -0.15) is 0 Å². The van der Waals surface area contributed by atoms with E-state index in [0.29, 0.717) is 0 Å². The molecule has 17 heavy (non-hydrogen) atoms. The lowest BCUT2D eigenvalue weighted by Gasteiger charge is -2.23. The molecule has 2 N–H and O–H groups in total. The van der Waals surface area contributed by atoms with Crippen molar-refractivity contribution in [1.29, 1.82) is 0 Å². The first-order valence-corrected chi connectivity index (χ1v) is 6.92. The van der Waals surface area contributed by atoms with Crippen molar-refractivity contribution in [2.24, 2.45) is 11.8 Å². The van der Waals surface area contributed by atoms with E-state index >= 15 is 0 Å². The van der Waals surface area contributed by atoms with Gasteiger partial charge in [0.25, 0.3) is 0 Å². The fourth-order valence-electron chi connectivity index (χ4n) is 2.86. The summed E-state index contributed by atoms with van der Waals surface area (Å²) in [6.45, 7) is 5.13. The Morgan fingerprint density at radius 1 is 1.47 bits per heavy atom. The fraction of sp³-hybridized carbons (Fsp3) is 0.923. The number of likely N-dealkylation sites (tertiary alicyclic amines) is 1. The zero-order chi connectivity index (χ0) is 12.1. The van der Waals surface area contributed by atoms with Crippen LogP contribution >= 0.6 is 0 Å². The molecule has 0 spiro atoms. The van der Waals surface area contributed by atoms with Gasteiger partial charge < -0.3 is 15.5 Å². The van der Waals surface area contributed by atoms with Gasteiger partial charge in [-0.3, -0.25) is 4.79 Å². The maximum absolute atomic E-state index is 11.9. The van der Waals surface area contributed by atoms with E-state index < -0.39 is 0 Å². The summed E-state index contributed by atoms with van der Waals surface area (Å²) in [7, 11) is 2.08. The van der Waals surface area contributed by atoms with Crippen LogP contribution in [0.3, 0.4) is 0 Å². The van der Waals surface area contributed by atoms with Crippen LogP contribution in [0.2, 0.25) is 0 Å². The van der Waals surface area contributed by atoms with Crippen molar-refractivity contribution in [3.8, 4) is 0 Å². The maximum Gasteiger partial charge on any atom is 0.224 e. The van der Waals surface area contributed by atoms with Gasteiger partial charge in [0.2, 0.25) is 5.91 Å². The van der Waals surface area contributed by atoms with E-state index in [1.807, 2.05) is 0 Å². The zero-order valence-corrected chi connectivity index (χ0v) is 10.9. The van der Waals surface area contributed by atoms with Crippen LogP contribution in [-0.2, 0) is 4.79 Å². The lowest BCUT2D eigenvalue weighted by Crippen LogP contribution is -2.36. The van der Waals surface area contributed by atoms with Gasteiger partial charge >= 0.3 is 0 Å². The highest BCUT2D eigenvalue weighted by atomic mass is 16.1. The van der Waals surface area contributed by atoms with E-state index in [2.05, 4.69) is 22.6 Å². The number of piperidine rings is 1.